The standard InChI is InChI=1S/C18H34F3N5O2S.HI/c1-3-22-17(23-8-12-25-9-4-5-15(2)14-25)24-13-16-6-10-26(11-7-16)29(27,28)18(19,20)21;/h15-16H,3-14H2,1-2H3,(H2,22,23,24);1H. The number of piperidine rings is 2. The molecule has 0 spiro atoms. The predicted molar refractivity (Wildman–Crippen MR) is 124 cm³/mol. The summed E-state index contributed by atoms with van der Waals surface area (Å²) in [6.07, 6.45) is 3.28. The third kappa shape index (κ3) is 8.30. The van der Waals surface area contributed by atoms with Crippen molar-refractivity contribution in [2.24, 2.45) is 16.8 Å². The van der Waals surface area contributed by atoms with E-state index in [0.717, 1.165) is 38.6 Å². The fourth-order valence-electron chi connectivity index (χ4n) is 3.86. The van der Waals surface area contributed by atoms with Crippen LogP contribution in [-0.2, 0) is 10.0 Å². The molecular weight excluding hydrogens is 534 g/mol. The second kappa shape index (κ2) is 12.6. The Morgan fingerprint density at radius 3 is 2.37 bits per heavy atom. The molecule has 0 aliphatic carbocycles. The van der Waals surface area contributed by atoms with E-state index in [-0.39, 0.29) is 43.0 Å². The summed E-state index contributed by atoms with van der Waals surface area (Å²) in [6.45, 7) is 9.18. The number of hydrogen-bond acceptors (Lipinski definition) is 4. The first-order chi connectivity index (χ1) is 13.6. The van der Waals surface area contributed by atoms with Gasteiger partial charge in [-0.25, -0.2) is 8.42 Å². The van der Waals surface area contributed by atoms with Gasteiger partial charge in [0.05, 0.1) is 0 Å². The average molecular weight is 569 g/mol. The number of guanidine groups is 1. The molecule has 0 aromatic rings. The minimum Gasteiger partial charge on any atom is -0.357 e. The van der Waals surface area contributed by atoms with Gasteiger partial charge in [0.15, 0.2) is 5.96 Å². The molecule has 2 N–H and O–H groups in total. The van der Waals surface area contributed by atoms with Crippen molar-refractivity contribution in [3.63, 3.8) is 0 Å². The van der Waals surface area contributed by atoms with Gasteiger partial charge < -0.3 is 15.5 Å². The average Bonchev–Trinajstić information content (AvgIpc) is 2.65. The van der Waals surface area contributed by atoms with Gasteiger partial charge in [-0.1, -0.05) is 6.92 Å². The largest absolute Gasteiger partial charge is 0.511 e. The maximum absolute atomic E-state index is 12.7. The van der Waals surface area contributed by atoms with E-state index in [0.29, 0.717) is 29.7 Å². The number of rotatable bonds is 7. The number of hydrogen-bond donors (Lipinski definition) is 2. The van der Waals surface area contributed by atoms with Crippen molar-refractivity contribution in [2.45, 2.75) is 45.0 Å². The predicted octanol–water partition coefficient (Wildman–Crippen LogP) is 2.45. The monoisotopic (exact) mass is 569 g/mol. The first-order valence-corrected chi connectivity index (χ1v) is 11.9. The summed E-state index contributed by atoms with van der Waals surface area (Å²) in [5.74, 6) is 1.51. The fraction of sp³-hybridized carbons (Fsp3) is 0.944. The number of nitrogens with one attached hydrogen (secondary N) is 2. The Balaban J connectivity index is 0.00000450. The number of sulfonamides is 1. The highest BCUT2D eigenvalue weighted by atomic mass is 127. The quantitative estimate of drug-likeness (QED) is 0.280. The van der Waals surface area contributed by atoms with Crippen molar-refractivity contribution in [2.75, 3.05) is 52.4 Å². The summed E-state index contributed by atoms with van der Waals surface area (Å²) in [6, 6.07) is 0. The van der Waals surface area contributed by atoms with Gasteiger partial charge in [-0.2, -0.15) is 17.5 Å². The molecule has 178 valence electrons. The highest BCUT2D eigenvalue weighted by Crippen LogP contribution is 2.30. The smallest absolute Gasteiger partial charge is 0.357 e. The molecular formula is C18H35F3IN5O2S. The maximum atomic E-state index is 12.7. The topological polar surface area (TPSA) is 77.0 Å². The van der Waals surface area contributed by atoms with Crippen LogP contribution in [0.1, 0.15) is 39.5 Å². The molecule has 0 amide bonds. The van der Waals surface area contributed by atoms with Crippen molar-refractivity contribution >= 4 is 40.0 Å². The lowest BCUT2D eigenvalue weighted by Crippen LogP contribution is -2.45. The maximum Gasteiger partial charge on any atom is 0.511 e. The van der Waals surface area contributed by atoms with Crippen LogP contribution >= 0.6 is 24.0 Å². The molecule has 0 radical (unpaired) electrons. The highest BCUT2D eigenvalue weighted by Gasteiger charge is 2.50. The Morgan fingerprint density at radius 1 is 1.13 bits per heavy atom. The van der Waals surface area contributed by atoms with Crippen molar-refractivity contribution in [3.8, 4) is 0 Å². The Kier molecular flexibility index (Phi) is 11.7. The molecule has 2 aliphatic heterocycles. The van der Waals surface area contributed by atoms with Crippen LogP contribution < -0.4 is 10.6 Å². The minimum atomic E-state index is -5.23. The molecule has 0 aromatic heterocycles. The van der Waals surface area contributed by atoms with E-state index < -0.39 is 15.5 Å². The molecule has 1 atom stereocenters. The molecule has 2 fully saturated rings. The van der Waals surface area contributed by atoms with Crippen LogP contribution in [0.25, 0.3) is 0 Å². The lowest BCUT2D eigenvalue weighted by atomic mass is 9.98. The van der Waals surface area contributed by atoms with Gasteiger partial charge in [-0.05, 0) is 51.0 Å². The molecule has 0 saturated carbocycles. The van der Waals surface area contributed by atoms with Crippen LogP contribution in [0.3, 0.4) is 0 Å². The summed E-state index contributed by atoms with van der Waals surface area (Å²) >= 11 is 0. The van der Waals surface area contributed by atoms with Crippen LogP contribution in [0.2, 0.25) is 0 Å². The lowest BCUT2D eigenvalue weighted by molar-refractivity contribution is -0.0496. The Morgan fingerprint density at radius 2 is 1.80 bits per heavy atom. The summed E-state index contributed by atoms with van der Waals surface area (Å²) in [7, 11) is -5.22. The molecule has 2 heterocycles. The molecule has 12 heteroatoms. The van der Waals surface area contributed by atoms with Crippen molar-refractivity contribution in [3.05, 3.63) is 0 Å². The number of aliphatic imine (C=N–C) groups is 1. The second-order valence-corrected chi connectivity index (χ2v) is 9.92. The second-order valence-electron chi connectivity index (χ2n) is 7.99. The number of halogens is 4. The lowest BCUT2D eigenvalue weighted by Gasteiger charge is -2.31. The zero-order valence-corrected chi connectivity index (χ0v) is 20.9. The molecule has 30 heavy (non-hydrogen) atoms. The van der Waals surface area contributed by atoms with Gasteiger partial charge in [0, 0.05) is 45.8 Å². The van der Waals surface area contributed by atoms with Gasteiger partial charge in [0.1, 0.15) is 0 Å². The van der Waals surface area contributed by atoms with E-state index >= 15 is 0 Å². The Hall–Kier alpha value is -0.340. The normalized spacial score (nSPS) is 23.1. The van der Waals surface area contributed by atoms with Gasteiger partial charge >= 0.3 is 15.5 Å². The van der Waals surface area contributed by atoms with E-state index in [1.165, 1.54) is 12.8 Å². The molecule has 2 aliphatic rings. The van der Waals surface area contributed by atoms with Crippen LogP contribution in [0.4, 0.5) is 13.2 Å². The highest BCUT2D eigenvalue weighted by molar-refractivity contribution is 14.0. The minimum absolute atomic E-state index is 0. The van der Waals surface area contributed by atoms with E-state index in [4.69, 9.17) is 0 Å². The fourth-order valence-corrected chi connectivity index (χ4v) is 4.85. The summed E-state index contributed by atoms with van der Waals surface area (Å²) in [4.78, 5) is 7.00. The molecule has 7 nitrogen and oxygen atoms in total. The van der Waals surface area contributed by atoms with E-state index in [2.05, 4.69) is 27.4 Å². The van der Waals surface area contributed by atoms with E-state index in [9.17, 15) is 21.6 Å². The van der Waals surface area contributed by atoms with Gasteiger partial charge in [0.2, 0.25) is 0 Å². The molecule has 2 saturated heterocycles. The SMILES string of the molecule is CCNC(=NCC1CCN(S(=O)(=O)C(F)(F)F)CC1)NCCN1CCCC(C)C1.I. The Labute approximate surface area is 195 Å². The van der Waals surface area contributed by atoms with Crippen molar-refractivity contribution < 1.29 is 21.6 Å². The van der Waals surface area contributed by atoms with Gasteiger partial charge in [-0.15, -0.1) is 24.0 Å². The molecule has 2 rings (SSSR count). The third-order valence-corrected chi connectivity index (χ3v) is 7.15. The van der Waals surface area contributed by atoms with Crippen molar-refractivity contribution in [1.82, 2.24) is 19.8 Å². The third-order valence-electron chi connectivity index (χ3n) is 5.52. The number of nitrogens with zero attached hydrogens (tertiary/aromatic N) is 3. The first-order valence-electron chi connectivity index (χ1n) is 10.4. The molecule has 1 unspecified atom stereocenters. The van der Waals surface area contributed by atoms with Crippen molar-refractivity contribution in [1.29, 1.82) is 0 Å². The van der Waals surface area contributed by atoms with E-state index in [1.807, 2.05) is 6.92 Å². The van der Waals surface area contributed by atoms with Crippen LogP contribution in [-0.4, -0.2) is 81.4 Å². The Bertz CT molecular complexity index is 640. The number of likely N-dealkylation sites (tertiary alicyclic amines) is 1. The summed E-state index contributed by atoms with van der Waals surface area (Å²) in [5.41, 5.74) is -5.23. The zero-order chi connectivity index (χ0) is 21.5. The van der Waals surface area contributed by atoms with E-state index in [1.54, 1.807) is 0 Å². The van der Waals surface area contributed by atoms with Gasteiger partial charge in [-0.3, -0.25) is 4.99 Å². The summed E-state index contributed by atoms with van der Waals surface area (Å²) < 4.78 is 61.5. The molecule has 0 aromatic carbocycles. The zero-order valence-electron chi connectivity index (χ0n) is 17.7. The van der Waals surface area contributed by atoms with Crippen LogP contribution in [0.5, 0.6) is 0 Å². The number of alkyl halides is 3. The van der Waals surface area contributed by atoms with Crippen LogP contribution in [0, 0.1) is 11.8 Å². The molecule has 0 bridgehead atoms. The first kappa shape index (κ1) is 27.7. The summed E-state index contributed by atoms with van der Waals surface area (Å²) in [5, 5.41) is 6.50. The van der Waals surface area contributed by atoms with Gasteiger partial charge in [0.25, 0.3) is 0 Å². The van der Waals surface area contributed by atoms with Crippen LogP contribution in [0.15, 0.2) is 4.99 Å².